The second-order valence-corrected chi connectivity index (χ2v) is 7.33. The number of benzene rings is 1. The van der Waals surface area contributed by atoms with Gasteiger partial charge in [-0.25, -0.2) is 4.98 Å². The lowest BCUT2D eigenvalue weighted by molar-refractivity contribution is -0.138. The number of carbonyl (C=O) groups is 1. The smallest absolute Gasteiger partial charge is 0.416 e. The molecular weight excluding hydrogens is 495 g/mol. The molecule has 0 spiro atoms. The summed E-state index contributed by atoms with van der Waals surface area (Å²) in [4.78, 5) is 16.9. The average Bonchev–Trinajstić information content (AvgIpc) is 3.08. The standard InChI is InChI=1S/C15H15N3O2.C8H7F3.C2H6O.2C2H6/c1-18-14-13(7-4-8-16-14)20-15(18)11-5-2-3-6-12(9-11)17-10-19;1-6-4-2-3-5-7(6)8(9,10)11;1-3-2;2*1-2/h3-10,15H,2H2,1H3,(H,17,19);2-5H,1H3;1-2H3;2*1-2H3. The number of pyridine rings is 1. The van der Waals surface area contributed by atoms with E-state index in [0.717, 1.165) is 35.3 Å². The normalized spacial score (nSPS) is 14.9. The van der Waals surface area contributed by atoms with Crippen LogP contribution in [-0.2, 0) is 15.7 Å². The van der Waals surface area contributed by atoms with Crippen molar-refractivity contribution < 1.29 is 27.4 Å². The van der Waals surface area contributed by atoms with Crippen molar-refractivity contribution >= 4 is 12.2 Å². The molecule has 4 rings (SSSR count). The van der Waals surface area contributed by atoms with Crippen molar-refractivity contribution in [1.29, 1.82) is 0 Å². The van der Waals surface area contributed by atoms with Crippen LogP contribution in [0.15, 0.2) is 78.2 Å². The summed E-state index contributed by atoms with van der Waals surface area (Å²) in [6.45, 7) is 9.45. The molecule has 1 aliphatic carbocycles. The maximum absolute atomic E-state index is 12.0. The molecule has 210 valence electrons. The van der Waals surface area contributed by atoms with Gasteiger partial charge in [0, 0.05) is 38.7 Å². The molecule has 38 heavy (non-hydrogen) atoms. The molecule has 1 unspecified atom stereocenters. The Morgan fingerprint density at radius 3 is 2.26 bits per heavy atom. The number of hydrogen-bond donors (Lipinski definition) is 1. The molecular formula is C29H40F3N3O3. The van der Waals surface area contributed by atoms with E-state index in [1.807, 2.05) is 70.0 Å². The number of aromatic nitrogens is 1. The van der Waals surface area contributed by atoms with Gasteiger partial charge >= 0.3 is 6.18 Å². The molecule has 1 atom stereocenters. The SMILES string of the molecule is CC.CC.CN1c2ncccc2OC1C1=CCC=CC(NC=O)=C1.COC.Cc1ccccc1C(F)(F)F. The number of anilines is 1. The summed E-state index contributed by atoms with van der Waals surface area (Å²) in [6, 6.07) is 9.26. The molecule has 1 amide bonds. The number of alkyl halides is 3. The third-order valence-corrected chi connectivity index (χ3v) is 4.75. The molecule has 2 aliphatic rings. The summed E-state index contributed by atoms with van der Waals surface area (Å²) in [5.74, 6) is 1.60. The summed E-state index contributed by atoms with van der Waals surface area (Å²) < 4.78 is 46.3. The molecule has 0 bridgehead atoms. The highest BCUT2D eigenvalue weighted by Gasteiger charge is 2.32. The molecule has 1 aromatic heterocycles. The Morgan fingerprint density at radius 1 is 1.11 bits per heavy atom. The number of ether oxygens (including phenoxy) is 2. The maximum atomic E-state index is 12.0. The lowest BCUT2D eigenvalue weighted by atomic mass is 10.1. The predicted molar refractivity (Wildman–Crippen MR) is 148 cm³/mol. The Bertz CT molecular complexity index is 1050. The van der Waals surface area contributed by atoms with Gasteiger partial charge < -0.3 is 19.7 Å². The summed E-state index contributed by atoms with van der Waals surface area (Å²) in [7, 11) is 5.20. The molecule has 0 saturated carbocycles. The van der Waals surface area contributed by atoms with Gasteiger partial charge in [-0.15, -0.1) is 0 Å². The van der Waals surface area contributed by atoms with Crippen LogP contribution < -0.4 is 15.0 Å². The lowest BCUT2D eigenvalue weighted by Gasteiger charge is -2.21. The first kappa shape index (κ1) is 34.4. The van der Waals surface area contributed by atoms with E-state index in [1.165, 1.54) is 19.1 Å². The first-order chi connectivity index (χ1) is 18.2. The van der Waals surface area contributed by atoms with Crippen LogP contribution in [-0.4, -0.2) is 38.9 Å². The molecule has 2 heterocycles. The Labute approximate surface area is 224 Å². The van der Waals surface area contributed by atoms with Crippen molar-refractivity contribution in [2.75, 3.05) is 26.2 Å². The fourth-order valence-corrected chi connectivity index (χ4v) is 3.25. The van der Waals surface area contributed by atoms with Crippen LogP contribution in [0, 0.1) is 6.92 Å². The van der Waals surface area contributed by atoms with E-state index in [9.17, 15) is 18.0 Å². The molecule has 1 N–H and O–H groups in total. The van der Waals surface area contributed by atoms with Crippen LogP contribution in [0.5, 0.6) is 5.75 Å². The number of rotatable bonds is 3. The number of halogens is 3. The van der Waals surface area contributed by atoms with E-state index in [4.69, 9.17) is 4.74 Å². The largest absolute Gasteiger partial charge is 0.462 e. The van der Waals surface area contributed by atoms with Crippen LogP contribution >= 0.6 is 0 Å². The number of amides is 1. The highest BCUT2D eigenvalue weighted by Crippen LogP contribution is 2.36. The third-order valence-electron chi connectivity index (χ3n) is 4.75. The zero-order chi connectivity index (χ0) is 29.1. The number of nitrogens with zero attached hydrogens (tertiary/aromatic N) is 2. The lowest BCUT2D eigenvalue weighted by Crippen LogP contribution is -2.33. The van der Waals surface area contributed by atoms with Gasteiger partial charge in [0.05, 0.1) is 5.56 Å². The van der Waals surface area contributed by atoms with Gasteiger partial charge in [-0.3, -0.25) is 4.79 Å². The van der Waals surface area contributed by atoms with Gasteiger partial charge in [0.25, 0.3) is 0 Å². The van der Waals surface area contributed by atoms with E-state index in [0.29, 0.717) is 6.41 Å². The summed E-state index contributed by atoms with van der Waals surface area (Å²) >= 11 is 0. The van der Waals surface area contributed by atoms with E-state index in [2.05, 4.69) is 21.1 Å². The molecule has 6 nitrogen and oxygen atoms in total. The number of hydrogen-bond acceptors (Lipinski definition) is 5. The number of fused-ring (bicyclic) bond motifs is 1. The van der Waals surface area contributed by atoms with Crippen LogP contribution in [0.3, 0.4) is 0 Å². The fraction of sp³-hybridized carbons (Fsp3) is 0.379. The number of likely N-dealkylation sites (N-methyl/N-ethyl adjacent to an activating group) is 1. The van der Waals surface area contributed by atoms with Crippen molar-refractivity contribution in [3.8, 4) is 5.75 Å². The van der Waals surface area contributed by atoms with Gasteiger partial charge in [0.15, 0.2) is 17.8 Å². The van der Waals surface area contributed by atoms with Crippen molar-refractivity contribution in [1.82, 2.24) is 10.3 Å². The minimum Gasteiger partial charge on any atom is -0.462 e. The van der Waals surface area contributed by atoms with Crippen LogP contribution in [0.25, 0.3) is 0 Å². The zero-order valence-corrected chi connectivity index (χ0v) is 23.5. The molecule has 0 saturated heterocycles. The molecule has 9 heteroatoms. The number of carbonyl (C=O) groups excluding carboxylic acids is 1. The summed E-state index contributed by atoms with van der Waals surface area (Å²) in [5, 5.41) is 2.68. The summed E-state index contributed by atoms with van der Waals surface area (Å²) in [6.07, 6.45) is 6.68. The van der Waals surface area contributed by atoms with Gasteiger partial charge in [-0.2, -0.15) is 13.2 Å². The monoisotopic (exact) mass is 535 g/mol. The highest BCUT2D eigenvalue weighted by molar-refractivity contribution is 5.60. The van der Waals surface area contributed by atoms with Gasteiger partial charge in [0.2, 0.25) is 6.41 Å². The quantitative estimate of drug-likeness (QED) is 0.426. The van der Waals surface area contributed by atoms with E-state index < -0.39 is 11.7 Å². The van der Waals surface area contributed by atoms with Gasteiger partial charge in [-0.05, 0) is 49.3 Å². The predicted octanol–water partition coefficient (Wildman–Crippen LogP) is 7.08. The minimum absolute atomic E-state index is 0.219. The fourth-order valence-electron chi connectivity index (χ4n) is 3.25. The molecule has 0 radical (unpaired) electrons. The topological polar surface area (TPSA) is 63.7 Å². The molecule has 0 fully saturated rings. The first-order valence-electron chi connectivity index (χ1n) is 12.4. The van der Waals surface area contributed by atoms with Gasteiger partial charge in [-0.1, -0.05) is 58.0 Å². The van der Waals surface area contributed by atoms with E-state index in [1.54, 1.807) is 26.5 Å². The first-order valence-corrected chi connectivity index (χ1v) is 12.4. The van der Waals surface area contributed by atoms with Crippen LogP contribution in [0.1, 0.15) is 45.2 Å². The number of methoxy groups -OCH3 is 1. The zero-order valence-electron chi connectivity index (χ0n) is 23.5. The Hall–Kier alpha value is -3.59. The minimum atomic E-state index is -4.22. The molecule has 2 aromatic rings. The van der Waals surface area contributed by atoms with Crippen LogP contribution in [0.4, 0.5) is 19.0 Å². The Morgan fingerprint density at radius 2 is 1.74 bits per heavy atom. The van der Waals surface area contributed by atoms with Crippen molar-refractivity contribution in [3.05, 3.63) is 89.3 Å². The average molecular weight is 536 g/mol. The van der Waals surface area contributed by atoms with E-state index >= 15 is 0 Å². The number of allylic oxidation sites excluding steroid dienone is 3. The Balaban J connectivity index is 0.000000645. The highest BCUT2D eigenvalue weighted by atomic mass is 19.4. The number of nitrogens with one attached hydrogen (secondary N) is 1. The second kappa shape index (κ2) is 18.6. The number of aryl methyl sites for hydroxylation is 1. The van der Waals surface area contributed by atoms with Gasteiger partial charge in [0.1, 0.15) is 0 Å². The maximum Gasteiger partial charge on any atom is 0.416 e. The van der Waals surface area contributed by atoms with Crippen molar-refractivity contribution in [2.45, 2.75) is 53.4 Å². The second-order valence-electron chi connectivity index (χ2n) is 7.33. The van der Waals surface area contributed by atoms with E-state index in [-0.39, 0.29) is 11.8 Å². The molecule has 1 aromatic carbocycles. The van der Waals surface area contributed by atoms with Crippen molar-refractivity contribution in [3.63, 3.8) is 0 Å². The summed E-state index contributed by atoms with van der Waals surface area (Å²) in [5.41, 5.74) is 1.46. The third kappa shape index (κ3) is 10.8. The molecule has 1 aliphatic heterocycles. The Kier molecular flexibility index (Phi) is 16.9. The van der Waals surface area contributed by atoms with Crippen LogP contribution in [0.2, 0.25) is 0 Å². The van der Waals surface area contributed by atoms with Crippen molar-refractivity contribution in [2.24, 2.45) is 0 Å².